The number of nitrogens with one attached hydrogen (secondary N) is 2. The van der Waals surface area contributed by atoms with Crippen molar-refractivity contribution in [3.8, 4) is 0 Å². The lowest BCUT2D eigenvalue weighted by atomic mass is 9.95. The van der Waals surface area contributed by atoms with E-state index in [2.05, 4.69) is 10.6 Å². The molecule has 0 bridgehead atoms. The third-order valence-electron chi connectivity index (χ3n) is 4.54. The lowest BCUT2D eigenvalue weighted by Crippen LogP contribution is -2.49. The van der Waals surface area contributed by atoms with Gasteiger partial charge in [0.05, 0.1) is 5.92 Å². The highest BCUT2D eigenvalue weighted by molar-refractivity contribution is 5.85. The van der Waals surface area contributed by atoms with Crippen molar-refractivity contribution in [1.29, 1.82) is 0 Å². The smallest absolute Gasteiger partial charge is 0.225 e. The summed E-state index contributed by atoms with van der Waals surface area (Å²) in [6.07, 6.45) is 3.70. The standard InChI is InChI=1S/C15H27N3O2.ClH/c1-3-11(2)15(20)18-8-4-5-12(10-18)14(19)17-13-6-7-16-9-13;/h11-13,16H,3-10H2,1-2H3,(H,17,19);1H. The molecule has 2 aliphatic heterocycles. The van der Waals surface area contributed by atoms with Gasteiger partial charge in [0.15, 0.2) is 0 Å². The summed E-state index contributed by atoms with van der Waals surface area (Å²) in [6.45, 7) is 7.25. The Balaban J connectivity index is 0.00000220. The molecule has 0 radical (unpaired) electrons. The molecule has 2 saturated heterocycles. The van der Waals surface area contributed by atoms with Crippen LogP contribution in [0.2, 0.25) is 0 Å². The minimum absolute atomic E-state index is 0. The van der Waals surface area contributed by atoms with Gasteiger partial charge in [-0.15, -0.1) is 12.4 Å². The fourth-order valence-corrected chi connectivity index (χ4v) is 2.97. The van der Waals surface area contributed by atoms with Crippen molar-refractivity contribution in [3.05, 3.63) is 0 Å². The van der Waals surface area contributed by atoms with Crippen LogP contribution in [0.4, 0.5) is 0 Å². The fraction of sp³-hybridized carbons (Fsp3) is 0.867. The van der Waals surface area contributed by atoms with Crippen LogP contribution < -0.4 is 10.6 Å². The zero-order chi connectivity index (χ0) is 14.5. The zero-order valence-electron chi connectivity index (χ0n) is 13.1. The molecule has 0 saturated carbocycles. The van der Waals surface area contributed by atoms with Gasteiger partial charge in [-0.25, -0.2) is 0 Å². The molecule has 2 heterocycles. The van der Waals surface area contributed by atoms with Crippen LogP contribution in [0.1, 0.15) is 39.5 Å². The molecule has 3 atom stereocenters. The van der Waals surface area contributed by atoms with Gasteiger partial charge in [-0.05, 0) is 32.2 Å². The van der Waals surface area contributed by atoms with Crippen LogP contribution in [-0.4, -0.2) is 48.9 Å². The largest absolute Gasteiger partial charge is 0.352 e. The normalized spacial score (nSPS) is 26.9. The molecule has 0 aromatic rings. The number of carbonyl (C=O) groups excluding carboxylic acids is 2. The van der Waals surface area contributed by atoms with E-state index in [0.717, 1.165) is 45.3 Å². The van der Waals surface area contributed by atoms with Gasteiger partial charge in [0, 0.05) is 31.6 Å². The summed E-state index contributed by atoms with van der Waals surface area (Å²) in [5, 5.41) is 6.36. The molecule has 0 aliphatic carbocycles. The molecule has 5 nitrogen and oxygen atoms in total. The van der Waals surface area contributed by atoms with Gasteiger partial charge in [-0.2, -0.15) is 0 Å². The Bertz CT molecular complexity index is 359. The Morgan fingerprint density at radius 3 is 2.76 bits per heavy atom. The molecule has 21 heavy (non-hydrogen) atoms. The van der Waals surface area contributed by atoms with Crippen molar-refractivity contribution in [2.24, 2.45) is 11.8 Å². The number of carbonyl (C=O) groups is 2. The summed E-state index contributed by atoms with van der Waals surface area (Å²) in [5.41, 5.74) is 0. The lowest BCUT2D eigenvalue weighted by molar-refractivity contribution is -0.139. The van der Waals surface area contributed by atoms with E-state index >= 15 is 0 Å². The topological polar surface area (TPSA) is 61.4 Å². The minimum Gasteiger partial charge on any atom is -0.352 e. The molecule has 2 fully saturated rings. The van der Waals surface area contributed by atoms with Crippen LogP contribution >= 0.6 is 12.4 Å². The molecule has 2 amide bonds. The summed E-state index contributed by atoms with van der Waals surface area (Å²) in [4.78, 5) is 26.4. The molecule has 2 rings (SSSR count). The van der Waals surface area contributed by atoms with E-state index in [1.165, 1.54) is 0 Å². The predicted molar refractivity (Wildman–Crippen MR) is 85.4 cm³/mol. The quantitative estimate of drug-likeness (QED) is 0.818. The van der Waals surface area contributed by atoms with Gasteiger partial charge < -0.3 is 15.5 Å². The number of rotatable bonds is 4. The van der Waals surface area contributed by atoms with Crippen LogP contribution in [-0.2, 0) is 9.59 Å². The first-order chi connectivity index (χ1) is 9.61. The van der Waals surface area contributed by atoms with Gasteiger partial charge in [0.1, 0.15) is 0 Å². The molecule has 2 N–H and O–H groups in total. The number of likely N-dealkylation sites (tertiary alicyclic amines) is 1. The third kappa shape index (κ3) is 4.85. The number of hydrogen-bond donors (Lipinski definition) is 2. The van der Waals surface area contributed by atoms with Crippen molar-refractivity contribution in [2.75, 3.05) is 26.2 Å². The molecule has 0 spiro atoms. The number of hydrogen-bond acceptors (Lipinski definition) is 3. The summed E-state index contributed by atoms with van der Waals surface area (Å²) in [5.74, 6) is 0.362. The first-order valence-corrected chi connectivity index (χ1v) is 7.91. The van der Waals surface area contributed by atoms with Gasteiger partial charge in [0.2, 0.25) is 11.8 Å². The average Bonchev–Trinajstić information content (AvgIpc) is 2.98. The van der Waals surface area contributed by atoms with E-state index in [1.54, 1.807) is 0 Å². The van der Waals surface area contributed by atoms with E-state index in [0.29, 0.717) is 6.54 Å². The maximum atomic E-state index is 12.3. The number of halogens is 1. The molecule has 3 unspecified atom stereocenters. The Morgan fingerprint density at radius 1 is 1.38 bits per heavy atom. The SMILES string of the molecule is CCC(C)C(=O)N1CCCC(C(=O)NC2CCNC2)C1.Cl. The number of nitrogens with zero attached hydrogens (tertiary/aromatic N) is 1. The van der Waals surface area contributed by atoms with Gasteiger partial charge in [-0.3, -0.25) is 9.59 Å². The van der Waals surface area contributed by atoms with Crippen LogP contribution in [0.15, 0.2) is 0 Å². The first-order valence-electron chi connectivity index (χ1n) is 7.91. The van der Waals surface area contributed by atoms with Crippen molar-refractivity contribution >= 4 is 24.2 Å². The Morgan fingerprint density at radius 2 is 2.14 bits per heavy atom. The summed E-state index contributed by atoms with van der Waals surface area (Å²) in [7, 11) is 0. The molecule has 0 aromatic carbocycles. The summed E-state index contributed by atoms with van der Waals surface area (Å²) >= 11 is 0. The van der Waals surface area contributed by atoms with E-state index in [4.69, 9.17) is 0 Å². The molecule has 0 aromatic heterocycles. The van der Waals surface area contributed by atoms with E-state index in [-0.39, 0.29) is 42.1 Å². The van der Waals surface area contributed by atoms with Crippen LogP contribution in [0.25, 0.3) is 0 Å². The maximum absolute atomic E-state index is 12.3. The first kappa shape index (κ1) is 18.2. The second kappa shape index (κ2) is 8.59. The molecule has 6 heteroatoms. The zero-order valence-corrected chi connectivity index (χ0v) is 13.9. The predicted octanol–water partition coefficient (Wildman–Crippen LogP) is 1.17. The average molecular weight is 318 g/mol. The Hall–Kier alpha value is -0.810. The highest BCUT2D eigenvalue weighted by Crippen LogP contribution is 2.19. The summed E-state index contributed by atoms with van der Waals surface area (Å²) in [6, 6.07) is 0.267. The Kier molecular flexibility index (Phi) is 7.46. The van der Waals surface area contributed by atoms with Crippen molar-refractivity contribution in [3.63, 3.8) is 0 Å². The highest BCUT2D eigenvalue weighted by atomic mass is 35.5. The van der Waals surface area contributed by atoms with Crippen LogP contribution in [0.5, 0.6) is 0 Å². The summed E-state index contributed by atoms with van der Waals surface area (Å²) < 4.78 is 0. The van der Waals surface area contributed by atoms with E-state index in [1.807, 2.05) is 18.7 Å². The Labute approximate surface area is 133 Å². The lowest BCUT2D eigenvalue weighted by Gasteiger charge is -2.34. The van der Waals surface area contributed by atoms with Gasteiger partial charge >= 0.3 is 0 Å². The molecule has 122 valence electrons. The van der Waals surface area contributed by atoms with E-state index in [9.17, 15) is 9.59 Å². The third-order valence-corrected chi connectivity index (χ3v) is 4.54. The van der Waals surface area contributed by atoms with Gasteiger partial charge in [0.25, 0.3) is 0 Å². The van der Waals surface area contributed by atoms with Crippen molar-refractivity contribution in [2.45, 2.75) is 45.6 Å². The van der Waals surface area contributed by atoms with Crippen LogP contribution in [0, 0.1) is 11.8 Å². The van der Waals surface area contributed by atoms with Crippen molar-refractivity contribution in [1.82, 2.24) is 15.5 Å². The number of piperidine rings is 1. The second-order valence-electron chi connectivity index (χ2n) is 6.13. The van der Waals surface area contributed by atoms with Crippen LogP contribution in [0.3, 0.4) is 0 Å². The monoisotopic (exact) mass is 317 g/mol. The molecule has 2 aliphatic rings. The fourth-order valence-electron chi connectivity index (χ4n) is 2.97. The molecular formula is C15H28ClN3O2. The second-order valence-corrected chi connectivity index (χ2v) is 6.13. The van der Waals surface area contributed by atoms with E-state index < -0.39 is 0 Å². The highest BCUT2D eigenvalue weighted by Gasteiger charge is 2.31. The maximum Gasteiger partial charge on any atom is 0.225 e. The van der Waals surface area contributed by atoms with Crippen molar-refractivity contribution < 1.29 is 9.59 Å². The van der Waals surface area contributed by atoms with Gasteiger partial charge in [-0.1, -0.05) is 13.8 Å². The number of amides is 2. The molecular weight excluding hydrogens is 290 g/mol. The minimum atomic E-state index is -0.0302.